The molecule has 1 amide bonds. The lowest BCUT2D eigenvalue weighted by atomic mass is 9.94. The lowest BCUT2D eigenvalue weighted by Crippen LogP contribution is -2.67. The van der Waals surface area contributed by atoms with E-state index in [0.29, 0.717) is 12.7 Å². The van der Waals surface area contributed by atoms with Crippen molar-refractivity contribution >= 4 is 5.91 Å². The van der Waals surface area contributed by atoms with Crippen LogP contribution in [0.15, 0.2) is 65.6 Å². The van der Waals surface area contributed by atoms with E-state index in [0.717, 1.165) is 25.9 Å². The van der Waals surface area contributed by atoms with Gasteiger partial charge >= 0.3 is 0 Å². The number of nitrogens with zero attached hydrogens (tertiary/aromatic N) is 4. The van der Waals surface area contributed by atoms with Crippen molar-refractivity contribution < 1.29 is 9.90 Å². The first kappa shape index (κ1) is 21.9. The third kappa shape index (κ3) is 3.45. The Balaban J connectivity index is 1.52. The van der Waals surface area contributed by atoms with Gasteiger partial charge in [0.15, 0.2) is 11.4 Å². The van der Waals surface area contributed by atoms with Crippen molar-refractivity contribution in [2.24, 2.45) is 0 Å². The molecule has 3 heterocycles. The zero-order valence-electron chi connectivity index (χ0n) is 20.1. The lowest BCUT2D eigenvalue weighted by Gasteiger charge is -2.52. The highest BCUT2D eigenvalue weighted by molar-refractivity contribution is 5.96. The molecule has 0 atom stereocenters. The van der Waals surface area contributed by atoms with Gasteiger partial charge in [-0.05, 0) is 48.9 Å². The second-order valence-electron chi connectivity index (χ2n) is 10.1. The summed E-state index contributed by atoms with van der Waals surface area (Å²) in [6, 6.07) is 18.6. The number of rotatable bonds is 3. The third-order valence-corrected chi connectivity index (χ3v) is 7.81. The van der Waals surface area contributed by atoms with Crippen molar-refractivity contribution in [2.75, 3.05) is 24.8 Å². The molecule has 2 aromatic carbocycles. The summed E-state index contributed by atoms with van der Waals surface area (Å²) in [4.78, 5) is 30.2. The van der Waals surface area contributed by atoms with Gasteiger partial charge < -0.3 is 10.0 Å². The van der Waals surface area contributed by atoms with Crippen LogP contribution in [0, 0.1) is 0 Å². The van der Waals surface area contributed by atoms with Crippen molar-refractivity contribution in [1.82, 2.24) is 14.5 Å². The summed E-state index contributed by atoms with van der Waals surface area (Å²) in [5.41, 5.74) is 4.44. The molecule has 1 saturated heterocycles. The number of aromatic nitrogens is 1. The molecule has 2 aliphatic heterocycles. The number of carbonyl (C=O) groups excluding carboxylic acids is 1. The van der Waals surface area contributed by atoms with E-state index < -0.39 is 11.2 Å². The smallest absolute Gasteiger partial charge is 0.278 e. The first-order chi connectivity index (χ1) is 16.9. The molecule has 35 heavy (non-hydrogen) atoms. The maximum absolute atomic E-state index is 13.6. The molecule has 180 valence electrons. The summed E-state index contributed by atoms with van der Waals surface area (Å²) >= 11 is 0. The standard InChI is InChI=1S/C28H30N4O3/c1-18(2)29-15-21(16-29)30-17-32(31-14-13-24(33)27(34)26(31)28(30)35)25-22-9-5-3-7-19(22)11-12-20-8-4-6-10-23(20)25/h3-10,13-14,18,21,25,34H,11-12,15-17H2,1-2H3. The zero-order valence-corrected chi connectivity index (χ0v) is 20.1. The van der Waals surface area contributed by atoms with E-state index in [1.165, 1.54) is 28.3 Å². The quantitative estimate of drug-likeness (QED) is 0.638. The zero-order chi connectivity index (χ0) is 24.3. The van der Waals surface area contributed by atoms with Gasteiger partial charge in [-0.1, -0.05) is 48.5 Å². The maximum Gasteiger partial charge on any atom is 0.278 e. The van der Waals surface area contributed by atoms with E-state index in [9.17, 15) is 14.7 Å². The van der Waals surface area contributed by atoms with Gasteiger partial charge in [0.1, 0.15) is 6.67 Å². The summed E-state index contributed by atoms with van der Waals surface area (Å²) in [5, 5.41) is 12.9. The Kier molecular flexibility index (Phi) is 5.18. The Bertz CT molecular complexity index is 1310. The predicted molar refractivity (Wildman–Crippen MR) is 134 cm³/mol. The molecule has 7 nitrogen and oxygen atoms in total. The molecule has 1 N–H and O–H groups in total. The fraction of sp³-hybridized carbons (Fsp3) is 0.357. The Morgan fingerprint density at radius 3 is 2.09 bits per heavy atom. The van der Waals surface area contributed by atoms with Gasteiger partial charge in [0, 0.05) is 31.4 Å². The van der Waals surface area contributed by atoms with Crippen molar-refractivity contribution in [3.8, 4) is 5.75 Å². The number of fused-ring (bicyclic) bond motifs is 3. The van der Waals surface area contributed by atoms with Gasteiger partial charge in [-0.2, -0.15) is 0 Å². The van der Waals surface area contributed by atoms with Crippen LogP contribution in [-0.4, -0.2) is 57.3 Å². The molecule has 1 fully saturated rings. The topological polar surface area (TPSA) is 69.0 Å². The summed E-state index contributed by atoms with van der Waals surface area (Å²) < 4.78 is 1.71. The van der Waals surface area contributed by atoms with E-state index in [2.05, 4.69) is 72.3 Å². The van der Waals surface area contributed by atoms with Crippen LogP contribution in [0.3, 0.4) is 0 Å². The number of aromatic hydroxyl groups is 1. The molecular weight excluding hydrogens is 440 g/mol. The first-order valence-corrected chi connectivity index (χ1v) is 12.4. The molecule has 3 aliphatic rings. The SMILES string of the molecule is CC(C)N1CC(N2CN(C3c4ccccc4CCc4ccccc43)n3ccc(=O)c(O)c3C2=O)C1. The number of aryl methyl sites for hydroxylation is 2. The Morgan fingerprint density at radius 2 is 1.49 bits per heavy atom. The summed E-state index contributed by atoms with van der Waals surface area (Å²) in [5.74, 6) is -0.775. The second-order valence-corrected chi connectivity index (χ2v) is 10.1. The molecule has 1 aliphatic carbocycles. The molecular formula is C28H30N4O3. The Hall–Kier alpha value is -3.58. The second kappa shape index (κ2) is 8.27. The predicted octanol–water partition coefficient (Wildman–Crippen LogP) is 2.89. The van der Waals surface area contributed by atoms with Gasteiger partial charge in [0.05, 0.1) is 12.1 Å². The van der Waals surface area contributed by atoms with Crippen molar-refractivity contribution in [2.45, 2.75) is 44.8 Å². The van der Waals surface area contributed by atoms with E-state index in [-0.39, 0.29) is 23.7 Å². The highest BCUT2D eigenvalue weighted by Crippen LogP contribution is 2.38. The van der Waals surface area contributed by atoms with E-state index in [1.807, 2.05) is 4.90 Å². The average molecular weight is 471 g/mol. The van der Waals surface area contributed by atoms with Crippen LogP contribution in [0.1, 0.15) is 52.6 Å². The van der Waals surface area contributed by atoms with Crippen molar-refractivity contribution in [3.63, 3.8) is 0 Å². The van der Waals surface area contributed by atoms with Crippen molar-refractivity contribution in [1.29, 1.82) is 0 Å². The van der Waals surface area contributed by atoms with Gasteiger partial charge in [-0.3, -0.25) is 24.2 Å². The van der Waals surface area contributed by atoms with Gasteiger partial charge in [-0.25, -0.2) is 0 Å². The van der Waals surface area contributed by atoms with Crippen LogP contribution in [0.4, 0.5) is 0 Å². The van der Waals surface area contributed by atoms with Gasteiger partial charge in [0.25, 0.3) is 5.91 Å². The van der Waals surface area contributed by atoms with Crippen molar-refractivity contribution in [3.05, 3.63) is 99.0 Å². The Morgan fingerprint density at radius 1 is 0.886 bits per heavy atom. The van der Waals surface area contributed by atoms with E-state index >= 15 is 0 Å². The minimum atomic E-state index is -0.537. The number of hydrogen-bond acceptors (Lipinski definition) is 5. The number of amides is 1. The fourth-order valence-electron chi connectivity index (χ4n) is 5.76. The molecule has 0 unspecified atom stereocenters. The van der Waals surface area contributed by atoms with Crippen LogP contribution in [0.2, 0.25) is 0 Å². The monoisotopic (exact) mass is 470 g/mol. The highest BCUT2D eigenvalue weighted by atomic mass is 16.3. The number of benzene rings is 2. The van der Waals surface area contributed by atoms with Crippen LogP contribution in [-0.2, 0) is 12.8 Å². The number of hydrogen-bond donors (Lipinski definition) is 1. The Labute approximate surface area is 204 Å². The molecule has 7 heteroatoms. The molecule has 6 rings (SSSR count). The maximum atomic E-state index is 13.6. The molecule has 0 radical (unpaired) electrons. The van der Waals surface area contributed by atoms with E-state index in [4.69, 9.17) is 0 Å². The minimum Gasteiger partial charge on any atom is -0.502 e. The number of carbonyl (C=O) groups is 1. The summed E-state index contributed by atoms with van der Waals surface area (Å²) in [7, 11) is 0. The van der Waals surface area contributed by atoms with Crippen LogP contribution >= 0.6 is 0 Å². The fourth-order valence-corrected chi connectivity index (χ4v) is 5.76. The number of likely N-dealkylation sites (tertiary alicyclic amines) is 1. The van der Waals surface area contributed by atoms with Crippen LogP contribution in [0.5, 0.6) is 5.75 Å². The molecule has 0 saturated carbocycles. The summed E-state index contributed by atoms with van der Waals surface area (Å²) in [6.07, 6.45) is 3.51. The van der Waals surface area contributed by atoms with Gasteiger partial charge in [0.2, 0.25) is 5.43 Å². The van der Waals surface area contributed by atoms with Crippen LogP contribution < -0.4 is 10.4 Å². The first-order valence-electron chi connectivity index (χ1n) is 12.4. The lowest BCUT2D eigenvalue weighted by molar-refractivity contribution is 0.00583. The molecule has 0 bridgehead atoms. The van der Waals surface area contributed by atoms with Crippen LogP contribution in [0.25, 0.3) is 0 Å². The molecule has 0 spiro atoms. The average Bonchev–Trinajstić information content (AvgIpc) is 2.98. The molecule has 3 aromatic rings. The summed E-state index contributed by atoms with van der Waals surface area (Å²) in [6.45, 7) is 6.25. The highest BCUT2D eigenvalue weighted by Gasteiger charge is 2.44. The van der Waals surface area contributed by atoms with E-state index in [1.54, 1.807) is 10.9 Å². The number of pyridine rings is 1. The molecule has 1 aromatic heterocycles. The largest absolute Gasteiger partial charge is 0.502 e. The minimum absolute atomic E-state index is 0.0344. The van der Waals surface area contributed by atoms with Gasteiger partial charge in [-0.15, -0.1) is 0 Å². The third-order valence-electron chi connectivity index (χ3n) is 7.81. The normalized spacial score (nSPS) is 18.7.